The summed E-state index contributed by atoms with van der Waals surface area (Å²) >= 11 is 0. The molecule has 0 saturated carbocycles. The number of carbonyl (C=O) groups is 1. The van der Waals surface area contributed by atoms with E-state index < -0.39 is 10.0 Å². The fourth-order valence-corrected chi connectivity index (χ4v) is 4.53. The molecule has 6 nitrogen and oxygen atoms in total. The standard InChI is InChI=1S/C22H28N2O4S/c1-17-8-9-21(14-18(17)2)29(26,27)23-15-19-10-12-24(13-11-19)22(25)16-28-20-6-4-3-5-7-20/h3-9,14,19,23H,10-13,15-16H2,1-2H3. The normalized spacial score (nSPS) is 15.3. The van der Waals surface area contributed by atoms with Gasteiger partial charge in [0, 0.05) is 19.6 Å². The summed E-state index contributed by atoms with van der Waals surface area (Å²) in [6.45, 7) is 5.51. The number of sulfonamides is 1. The van der Waals surface area contributed by atoms with Gasteiger partial charge in [-0.2, -0.15) is 0 Å². The number of hydrogen-bond acceptors (Lipinski definition) is 4. The van der Waals surface area contributed by atoms with Gasteiger partial charge >= 0.3 is 0 Å². The van der Waals surface area contributed by atoms with Crippen molar-refractivity contribution >= 4 is 15.9 Å². The molecule has 1 saturated heterocycles. The second-order valence-electron chi connectivity index (χ2n) is 7.52. The fourth-order valence-electron chi connectivity index (χ4n) is 3.33. The van der Waals surface area contributed by atoms with Gasteiger partial charge in [-0.15, -0.1) is 0 Å². The van der Waals surface area contributed by atoms with Gasteiger partial charge in [-0.1, -0.05) is 24.3 Å². The van der Waals surface area contributed by atoms with Crippen LogP contribution in [0.1, 0.15) is 24.0 Å². The molecule has 1 heterocycles. The van der Waals surface area contributed by atoms with E-state index in [1.165, 1.54) is 0 Å². The molecule has 2 aromatic carbocycles. The van der Waals surface area contributed by atoms with Crippen molar-refractivity contribution < 1.29 is 17.9 Å². The molecule has 1 N–H and O–H groups in total. The molecule has 29 heavy (non-hydrogen) atoms. The van der Waals surface area contributed by atoms with Crippen LogP contribution in [0, 0.1) is 19.8 Å². The third-order valence-electron chi connectivity index (χ3n) is 5.42. The number of amides is 1. The van der Waals surface area contributed by atoms with Crippen molar-refractivity contribution in [1.82, 2.24) is 9.62 Å². The lowest BCUT2D eigenvalue weighted by molar-refractivity contribution is -0.134. The Hall–Kier alpha value is -2.38. The summed E-state index contributed by atoms with van der Waals surface area (Å²) in [6.07, 6.45) is 1.54. The summed E-state index contributed by atoms with van der Waals surface area (Å²) in [5.74, 6) is 0.856. The van der Waals surface area contributed by atoms with Crippen LogP contribution in [-0.4, -0.2) is 45.5 Å². The monoisotopic (exact) mass is 416 g/mol. The number of hydrogen-bond donors (Lipinski definition) is 1. The first-order chi connectivity index (χ1) is 13.8. The predicted octanol–water partition coefficient (Wildman–Crippen LogP) is 2.90. The molecular weight excluding hydrogens is 388 g/mol. The molecule has 0 aromatic heterocycles. The number of para-hydroxylation sites is 1. The number of likely N-dealkylation sites (tertiary alicyclic amines) is 1. The zero-order valence-electron chi connectivity index (χ0n) is 16.9. The largest absolute Gasteiger partial charge is 0.484 e. The third kappa shape index (κ3) is 5.81. The molecule has 1 aliphatic heterocycles. The Bertz CT molecular complexity index is 937. The van der Waals surface area contributed by atoms with Gasteiger partial charge in [-0.05, 0) is 68.0 Å². The fraction of sp³-hybridized carbons (Fsp3) is 0.409. The lowest BCUT2D eigenvalue weighted by Crippen LogP contribution is -2.43. The first-order valence-electron chi connectivity index (χ1n) is 9.88. The van der Waals surface area contributed by atoms with E-state index in [2.05, 4.69) is 4.72 Å². The molecule has 0 spiro atoms. The van der Waals surface area contributed by atoms with Gasteiger partial charge in [-0.25, -0.2) is 13.1 Å². The van der Waals surface area contributed by atoms with Crippen LogP contribution in [0.3, 0.4) is 0 Å². The number of benzene rings is 2. The smallest absolute Gasteiger partial charge is 0.260 e. The van der Waals surface area contributed by atoms with E-state index in [4.69, 9.17) is 4.74 Å². The van der Waals surface area contributed by atoms with E-state index in [0.717, 1.165) is 24.0 Å². The first-order valence-corrected chi connectivity index (χ1v) is 11.4. The summed E-state index contributed by atoms with van der Waals surface area (Å²) in [4.78, 5) is 14.4. The van der Waals surface area contributed by atoms with Crippen LogP contribution in [-0.2, 0) is 14.8 Å². The summed E-state index contributed by atoms with van der Waals surface area (Å²) in [5, 5.41) is 0. The van der Waals surface area contributed by atoms with Crippen molar-refractivity contribution in [3.05, 3.63) is 59.7 Å². The average Bonchev–Trinajstić information content (AvgIpc) is 2.73. The topological polar surface area (TPSA) is 75.7 Å². The Labute approximate surface area is 172 Å². The number of nitrogens with one attached hydrogen (secondary N) is 1. The molecule has 1 aliphatic rings. The summed E-state index contributed by atoms with van der Waals surface area (Å²) in [6, 6.07) is 14.4. The second kappa shape index (κ2) is 9.41. The molecule has 0 bridgehead atoms. The quantitative estimate of drug-likeness (QED) is 0.753. The lowest BCUT2D eigenvalue weighted by Gasteiger charge is -2.32. The Morgan fingerprint density at radius 3 is 2.41 bits per heavy atom. The number of aryl methyl sites for hydroxylation is 2. The molecule has 7 heteroatoms. The van der Waals surface area contributed by atoms with Crippen molar-refractivity contribution in [2.45, 2.75) is 31.6 Å². The van der Waals surface area contributed by atoms with Crippen LogP contribution in [0.25, 0.3) is 0 Å². The highest BCUT2D eigenvalue weighted by molar-refractivity contribution is 7.89. The SMILES string of the molecule is Cc1ccc(S(=O)(=O)NCC2CCN(C(=O)COc3ccccc3)CC2)cc1C. The van der Waals surface area contributed by atoms with Gasteiger partial charge in [0.2, 0.25) is 10.0 Å². The molecule has 0 unspecified atom stereocenters. The first kappa shape index (κ1) is 21.3. The van der Waals surface area contributed by atoms with Crippen LogP contribution < -0.4 is 9.46 Å². The van der Waals surface area contributed by atoms with Gasteiger partial charge < -0.3 is 9.64 Å². The minimum absolute atomic E-state index is 0.0219. The van der Waals surface area contributed by atoms with Crippen LogP contribution in [0.2, 0.25) is 0 Å². The lowest BCUT2D eigenvalue weighted by atomic mass is 9.97. The van der Waals surface area contributed by atoms with Crippen LogP contribution in [0.5, 0.6) is 5.75 Å². The van der Waals surface area contributed by atoms with Crippen molar-refractivity contribution in [2.24, 2.45) is 5.92 Å². The number of ether oxygens (including phenoxy) is 1. The molecular formula is C22H28N2O4S. The summed E-state index contributed by atoms with van der Waals surface area (Å²) in [7, 11) is -3.52. The molecule has 0 aliphatic carbocycles. The van der Waals surface area contributed by atoms with Gasteiger partial charge in [0.15, 0.2) is 6.61 Å². The van der Waals surface area contributed by atoms with Crippen molar-refractivity contribution in [2.75, 3.05) is 26.2 Å². The van der Waals surface area contributed by atoms with Crippen LogP contribution in [0.15, 0.2) is 53.4 Å². The van der Waals surface area contributed by atoms with E-state index >= 15 is 0 Å². The molecule has 2 aromatic rings. The molecule has 1 amide bonds. The zero-order valence-corrected chi connectivity index (χ0v) is 17.7. The molecule has 0 radical (unpaired) electrons. The van der Waals surface area contributed by atoms with Crippen molar-refractivity contribution in [1.29, 1.82) is 0 Å². The minimum atomic E-state index is -3.52. The summed E-state index contributed by atoms with van der Waals surface area (Å²) in [5.41, 5.74) is 2.02. The number of rotatable bonds is 7. The predicted molar refractivity (Wildman–Crippen MR) is 112 cm³/mol. The Morgan fingerprint density at radius 2 is 1.76 bits per heavy atom. The van der Waals surface area contributed by atoms with Gasteiger partial charge in [0.1, 0.15) is 5.75 Å². The third-order valence-corrected chi connectivity index (χ3v) is 6.84. The Morgan fingerprint density at radius 1 is 1.07 bits per heavy atom. The highest BCUT2D eigenvalue weighted by Gasteiger charge is 2.24. The van der Waals surface area contributed by atoms with E-state index in [1.807, 2.05) is 50.2 Å². The molecule has 3 rings (SSSR count). The highest BCUT2D eigenvalue weighted by Crippen LogP contribution is 2.19. The maximum Gasteiger partial charge on any atom is 0.260 e. The van der Waals surface area contributed by atoms with Crippen molar-refractivity contribution in [3.63, 3.8) is 0 Å². The van der Waals surface area contributed by atoms with Gasteiger partial charge in [-0.3, -0.25) is 4.79 Å². The molecule has 0 atom stereocenters. The van der Waals surface area contributed by atoms with Crippen LogP contribution in [0.4, 0.5) is 0 Å². The van der Waals surface area contributed by atoms with E-state index in [-0.39, 0.29) is 18.4 Å². The van der Waals surface area contributed by atoms with Crippen LogP contribution >= 0.6 is 0 Å². The zero-order chi connectivity index (χ0) is 20.9. The minimum Gasteiger partial charge on any atom is -0.484 e. The highest BCUT2D eigenvalue weighted by atomic mass is 32.2. The Kier molecular flexibility index (Phi) is 6.92. The Balaban J connectivity index is 1.44. The molecule has 1 fully saturated rings. The summed E-state index contributed by atoms with van der Waals surface area (Å²) < 4.78 is 33.3. The van der Waals surface area contributed by atoms with Gasteiger partial charge in [0.05, 0.1) is 4.90 Å². The average molecular weight is 417 g/mol. The van der Waals surface area contributed by atoms with E-state index in [0.29, 0.717) is 30.3 Å². The maximum atomic E-state index is 12.5. The number of carbonyl (C=O) groups excluding carboxylic acids is 1. The number of piperidine rings is 1. The van der Waals surface area contributed by atoms with E-state index in [1.54, 1.807) is 17.0 Å². The van der Waals surface area contributed by atoms with Crippen molar-refractivity contribution in [3.8, 4) is 5.75 Å². The molecule has 156 valence electrons. The maximum absolute atomic E-state index is 12.5. The second-order valence-corrected chi connectivity index (χ2v) is 9.29. The van der Waals surface area contributed by atoms with E-state index in [9.17, 15) is 13.2 Å². The van der Waals surface area contributed by atoms with Gasteiger partial charge in [0.25, 0.3) is 5.91 Å². The number of nitrogens with zero attached hydrogens (tertiary/aromatic N) is 1.